The highest BCUT2D eigenvalue weighted by Crippen LogP contribution is 2.38. The van der Waals surface area contributed by atoms with Gasteiger partial charge >= 0.3 is 0 Å². The van der Waals surface area contributed by atoms with Gasteiger partial charge in [-0.25, -0.2) is 4.99 Å². The Kier molecular flexibility index (Phi) is 7.93. The van der Waals surface area contributed by atoms with Crippen LogP contribution in [0.1, 0.15) is 56.6 Å². The Hall–Kier alpha value is -2.57. The number of benzene rings is 1. The smallest absolute Gasteiger partial charge is 0.230 e. The number of hydrogen-bond donors (Lipinski definition) is 2. The Morgan fingerprint density at radius 3 is 2.45 bits per heavy atom. The highest BCUT2D eigenvalue weighted by Gasteiger charge is 2.42. The number of hydrogen-bond acceptors (Lipinski definition) is 3. The van der Waals surface area contributed by atoms with Crippen molar-refractivity contribution < 1.29 is 9.59 Å². The molecule has 7 nitrogen and oxygen atoms in total. The van der Waals surface area contributed by atoms with Crippen LogP contribution in [-0.4, -0.2) is 61.3 Å². The van der Waals surface area contributed by atoms with E-state index in [4.69, 9.17) is 4.99 Å². The van der Waals surface area contributed by atoms with Gasteiger partial charge in [0.1, 0.15) is 0 Å². The number of aliphatic imine (C=N–C) groups is 1. The molecule has 0 radical (unpaired) electrons. The third-order valence-electron chi connectivity index (χ3n) is 6.42. The number of rotatable bonds is 8. The third-order valence-corrected chi connectivity index (χ3v) is 6.42. The maximum atomic E-state index is 12.8. The van der Waals surface area contributed by atoms with Crippen LogP contribution in [0.15, 0.2) is 29.3 Å². The lowest BCUT2D eigenvalue weighted by atomic mass is 9.84. The molecule has 1 aliphatic heterocycles. The molecule has 7 heteroatoms. The van der Waals surface area contributed by atoms with Crippen molar-refractivity contribution in [3.8, 4) is 0 Å². The highest BCUT2D eigenvalue weighted by atomic mass is 16.2. The molecule has 0 atom stereocenters. The molecule has 170 valence electrons. The number of carbonyl (C=O) groups is 2. The van der Waals surface area contributed by atoms with Crippen LogP contribution >= 0.6 is 0 Å². The van der Waals surface area contributed by atoms with E-state index in [-0.39, 0.29) is 17.2 Å². The maximum Gasteiger partial charge on any atom is 0.230 e. The standard InChI is InChI=1S/C24H37N5O2/c1-4-25-23(27-18-24(13-7-8-14-24)22(31)28(2)3)26-16-19-10-5-6-11-20(19)17-29-15-9-12-21(29)30/h5-6,10-11H,4,7-9,12-18H2,1-3H3,(H2,25,26,27). The van der Waals surface area contributed by atoms with Crippen molar-refractivity contribution >= 4 is 17.8 Å². The van der Waals surface area contributed by atoms with E-state index in [9.17, 15) is 9.59 Å². The summed E-state index contributed by atoms with van der Waals surface area (Å²) >= 11 is 0. The zero-order chi connectivity index (χ0) is 22.3. The summed E-state index contributed by atoms with van der Waals surface area (Å²) in [5, 5.41) is 6.75. The second-order valence-electron chi connectivity index (χ2n) is 8.92. The van der Waals surface area contributed by atoms with Crippen LogP contribution in [-0.2, 0) is 22.7 Å². The number of nitrogens with zero attached hydrogens (tertiary/aromatic N) is 3. The van der Waals surface area contributed by atoms with Crippen LogP contribution in [0, 0.1) is 5.41 Å². The van der Waals surface area contributed by atoms with Crippen LogP contribution in [0.4, 0.5) is 0 Å². The van der Waals surface area contributed by atoms with Gasteiger partial charge in [0, 0.05) is 46.7 Å². The predicted octanol–water partition coefficient (Wildman–Crippen LogP) is 2.51. The average Bonchev–Trinajstić information content (AvgIpc) is 3.40. The molecule has 1 aliphatic carbocycles. The summed E-state index contributed by atoms with van der Waals surface area (Å²) in [6, 6.07) is 8.20. The van der Waals surface area contributed by atoms with Gasteiger partial charge in [0.25, 0.3) is 0 Å². The molecule has 0 spiro atoms. The lowest BCUT2D eigenvalue weighted by Gasteiger charge is -2.31. The molecule has 3 rings (SSSR count). The first-order chi connectivity index (χ1) is 14.9. The van der Waals surface area contributed by atoms with E-state index in [0.29, 0.717) is 26.1 Å². The predicted molar refractivity (Wildman–Crippen MR) is 124 cm³/mol. The second-order valence-corrected chi connectivity index (χ2v) is 8.92. The lowest BCUT2D eigenvalue weighted by molar-refractivity contribution is -0.138. The summed E-state index contributed by atoms with van der Waals surface area (Å²) in [5.41, 5.74) is 1.93. The summed E-state index contributed by atoms with van der Waals surface area (Å²) in [6.07, 6.45) is 5.63. The van der Waals surface area contributed by atoms with Crippen molar-refractivity contribution in [3.63, 3.8) is 0 Å². The average molecular weight is 428 g/mol. The van der Waals surface area contributed by atoms with Gasteiger partial charge in [-0.15, -0.1) is 0 Å². The summed E-state index contributed by atoms with van der Waals surface area (Å²) in [5.74, 6) is 1.17. The number of likely N-dealkylation sites (tertiary alicyclic amines) is 1. The second kappa shape index (κ2) is 10.6. The van der Waals surface area contributed by atoms with Crippen molar-refractivity contribution in [3.05, 3.63) is 35.4 Å². The SMILES string of the molecule is CCNC(=NCc1ccccc1CN1CCCC1=O)NCC1(C(=O)N(C)C)CCCC1. The molecule has 2 fully saturated rings. The van der Waals surface area contributed by atoms with Gasteiger partial charge < -0.3 is 20.4 Å². The molecule has 2 amide bonds. The van der Waals surface area contributed by atoms with Gasteiger partial charge in [-0.1, -0.05) is 37.1 Å². The largest absolute Gasteiger partial charge is 0.357 e. The van der Waals surface area contributed by atoms with Gasteiger partial charge in [-0.05, 0) is 37.3 Å². The minimum Gasteiger partial charge on any atom is -0.357 e. The summed E-state index contributed by atoms with van der Waals surface area (Å²) < 4.78 is 0. The normalized spacial score (nSPS) is 18.4. The molecule has 1 aromatic rings. The molecule has 0 bridgehead atoms. The van der Waals surface area contributed by atoms with Gasteiger partial charge in [0.05, 0.1) is 12.0 Å². The Morgan fingerprint density at radius 2 is 1.84 bits per heavy atom. The molecule has 2 N–H and O–H groups in total. The van der Waals surface area contributed by atoms with E-state index in [0.717, 1.165) is 62.3 Å². The topological polar surface area (TPSA) is 77.0 Å². The van der Waals surface area contributed by atoms with Crippen LogP contribution in [0.25, 0.3) is 0 Å². The van der Waals surface area contributed by atoms with E-state index in [1.54, 1.807) is 4.90 Å². The van der Waals surface area contributed by atoms with Gasteiger partial charge in [-0.2, -0.15) is 0 Å². The van der Waals surface area contributed by atoms with E-state index >= 15 is 0 Å². The Bertz CT molecular complexity index is 799. The molecular formula is C24H37N5O2. The fourth-order valence-electron chi connectivity index (χ4n) is 4.69. The van der Waals surface area contributed by atoms with Crippen molar-refractivity contribution in [2.24, 2.45) is 10.4 Å². The van der Waals surface area contributed by atoms with Gasteiger partial charge in [-0.3, -0.25) is 9.59 Å². The summed E-state index contributed by atoms with van der Waals surface area (Å²) in [7, 11) is 3.67. The van der Waals surface area contributed by atoms with Crippen molar-refractivity contribution in [2.75, 3.05) is 33.7 Å². The maximum absolute atomic E-state index is 12.8. The van der Waals surface area contributed by atoms with Crippen LogP contribution in [0.5, 0.6) is 0 Å². The van der Waals surface area contributed by atoms with Crippen molar-refractivity contribution in [1.82, 2.24) is 20.4 Å². The molecule has 0 unspecified atom stereocenters. The van der Waals surface area contributed by atoms with E-state index in [1.165, 1.54) is 0 Å². The molecule has 0 aromatic heterocycles. The Balaban J connectivity index is 1.68. The lowest BCUT2D eigenvalue weighted by Crippen LogP contribution is -2.49. The van der Waals surface area contributed by atoms with Crippen molar-refractivity contribution in [2.45, 2.75) is 58.5 Å². The molecule has 1 saturated heterocycles. The molecular weight excluding hydrogens is 390 g/mol. The Morgan fingerprint density at radius 1 is 1.13 bits per heavy atom. The fraction of sp³-hybridized carbons (Fsp3) is 0.625. The number of nitrogens with one attached hydrogen (secondary N) is 2. The Labute approximate surface area is 186 Å². The zero-order valence-corrected chi connectivity index (χ0v) is 19.2. The van der Waals surface area contributed by atoms with Crippen LogP contribution in [0.2, 0.25) is 0 Å². The minimum absolute atomic E-state index is 0.203. The molecule has 1 saturated carbocycles. The molecule has 1 heterocycles. The summed E-state index contributed by atoms with van der Waals surface area (Å²) in [4.78, 5) is 33.3. The van der Waals surface area contributed by atoms with Crippen LogP contribution in [0.3, 0.4) is 0 Å². The number of amides is 2. The number of carbonyl (C=O) groups excluding carboxylic acids is 2. The molecule has 1 aromatic carbocycles. The zero-order valence-electron chi connectivity index (χ0n) is 19.2. The summed E-state index contributed by atoms with van der Waals surface area (Å²) in [6.45, 7) is 5.41. The monoisotopic (exact) mass is 427 g/mol. The van der Waals surface area contributed by atoms with E-state index in [1.807, 2.05) is 38.1 Å². The quantitative estimate of drug-likeness (QED) is 0.494. The first kappa shape index (κ1) is 23.1. The third kappa shape index (κ3) is 5.77. The van der Waals surface area contributed by atoms with Gasteiger partial charge in [0.2, 0.25) is 11.8 Å². The van der Waals surface area contributed by atoms with Gasteiger partial charge in [0.15, 0.2) is 5.96 Å². The highest BCUT2D eigenvalue weighted by molar-refractivity contribution is 5.85. The molecule has 2 aliphatic rings. The first-order valence-corrected chi connectivity index (χ1v) is 11.5. The van der Waals surface area contributed by atoms with Crippen molar-refractivity contribution in [1.29, 1.82) is 0 Å². The fourth-order valence-corrected chi connectivity index (χ4v) is 4.69. The number of guanidine groups is 1. The van der Waals surface area contributed by atoms with Crippen LogP contribution < -0.4 is 10.6 Å². The minimum atomic E-state index is -0.340. The van der Waals surface area contributed by atoms with E-state index < -0.39 is 0 Å². The first-order valence-electron chi connectivity index (χ1n) is 11.5. The molecule has 31 heavy (non-hydrogen) atoms. The van der Waals surface area contributed by atoms with E-state index in [2.05, 4.69) is 22.8 Å².